The number of amides is 1. The summed E-state index contributed by atoms with van der Waals surface area (Å²) >= 11 is 0. The van der Waals surface area contributed by atoms with Crippen molar-refractivity contribution in [2.45, 2.75) is 231 Å². The minimum Gasteiger partial charge on any atom is -0.394 e. The lowest BCUT2D eigenvalue weighted by Crippen LogP contribution is -2.53. The summed E-state index contributed by atoms with van der Waals surface area (Å²) in [5.41, 5.74) is 0. The van der Waals surface area contributed by atoms with E-state index in [1.165, 1.54) is 135 Å². The molecule has 0 heterocycles. The van der Waals surface area contributed by atoms with Crippen LogP contribution in [0.1, 0.15) is 206 Å². The molecule has 6 nitrogen and oxygen atoms in total. The first-order valence-electron chi connectivity index (χ1n) is 20.1. The minimum atomic E-state index is -1.26. The first-order valence-corrected chi connectivity index (χ1v) is 20.1. The number of rotatable bonds is 36. The zero-order valence-electron chi connectivity index (χ0n) is 30.6. The van der Waals surface area contributed by atoms with Gasteiger partial charge in [-0.15, -0.1) is 0 Å². The highest BCUT2D eigenvalue weighted by Crippen LogP contribution is 2.16. The van der Waals surface area contributed by atoms with Crippen molar-refractivity contribution < 1.29 is 25.2 Å². The fourth-order valence-corrected chi connectivity index (χ4v) is 6.22. The smallest absolute Gasteiger partial charge is 0.249 e. The second-order valence-corrected chi connectivity index (χ2v) is 14.0. The van der Waals surface area contributed by atoms with Crippen LogP contribution in [0, 0.1) is 0 Å². The lowest BCUT2D eigenvalue weighted by molar-refractivity contribution is -0.132. The van der Waals surface area contributed by atoms with Gasteiger partial charge < -0.3 is 25.7 Å². The maximum absolute atomic E-state index is 12.4. The Balaban J connectivity index is 3.77. The fourth-order valence-electron chi connectivity index (χ4n) is 6.22. The van der Waals surface area contributed by atoms with E-state index < -0.39 is 36.9 Å². The molecule has 0 aromatic rings. The third kappa shape index (κ3) is 29.2. The summed E-state index contributed by atoms with van der Waals surface area (Å²) in [7, 11) is 0. The summed E-state index contributed by atoms with van der Waals surface area (Å²) in [5.74, 6) is -0.600. The van der Waals surface area contributed by atoms with Crippen molar-refractivity contribution in [2.24, 2.45) is 0 Å². The summed E-state index contributed by atoms with van der Waals surface area (Å²) in [6, 6.07) is -0.988. The van der Waals surface area contributed by atoms with Crippen LogP contribution in [0.5, 0.6) is 0 Å². The van der Waals surface area contributed by atoms with Crippen LogP contribution in [0.4, 0.5) is 0 Å². The zero-order chi connectivity index (χ0) is 33.9. The molecule has 5 N–H and O–H groups in total. The quantitative estimate of drug-likeness (QED) is 0.0342. The van der Waals surface area contributed by atoms with E-state index in [9.17, 15) is 25.2 Å². The van der Waals surface area contributed by atoms with E-state index >= 15 is 0 Å². The molecular weight excluding hydrogens is 574 g/mol. The molecule has 4 unspecified atom stereocenters. The van der Waals surface area contributed by atoms with E-state index in [1.54, 1.807) is 0 Å². The molecule has 0 aromatic carbocycles. The third-order valence-electron chi connectivity index (χ3n) is 9.48. The van der Waals surface area contributed by atoms with E-state index in [0.717, 1.165) is 44.9 Å². The molecule has 274 valence electrons. The summed E-state index contributed by atoms with van der Waals surface area (Å²) in [4.78, 5) is 12.4. The van der Waals surface area contributed by atoms with Crippen LogP contribution in [0.25, 0.3) is 0 Å². The Morgan fingerprint density at radius 2 is 0.870 bits per heavy atom. The van der Waals surface area contributed by atoms with Crippen LogP contribution in [0.3, 0.4) is 0 Å². The van der Waals surface area contributed by atoms with E-state index in [-0.39, 0.29) is 0 Å². The molecule has 0 spiro atoms. The van der Waals surface area contributed by atoms with Crippen molar-refractivity contribution in [3.8, 4) is 0 Å². The van der Waals surface area contributed by atoms with Crippen molar-refractivity contribution >= 4 is 5.91 Å². The van der Waals surface area contributed by atoms with Crippen LogP contribution in [-0.2, 0) is 4.79 Å². The molecule has 0 saturated carbocycles. The van der Waals surface area contributed by atoms with Gasteiger partial charge in [0.1, 0.15) is 12.2 Å². The lowest BCUT2D eigenvalue weighted by Gasteiger charge is -2.27. The number of carbonyl (C=O) groups excluding carboxylic acids is 1. The van der Waals surface area contributed by atoms with Gasteiger partial charge in [0.05, 0.1) is 18.8 Å². The topological polar surface area (TPSA) is 110 Å². The third-order valence-corrected chi connectivity index (χ3v) is 9.48. The molecular formula is C40H79NO5. The number of aliphatic hydroxyl groups excluding tert-OH is 4. The van der Waals surface area contributed by atoms with Gasteiger partial charge in [-0.1, -0.05) is 180 Å². The number of hydrogen-bond acceptors (Lipinski definition) is 5. The van der Waals surface area contributed by atoms with Gasteiger partial charge in [-0.3, -0.25) is 4.79 Å². The van der Waals surface area contributed by atoms with Gasteiger partial charge in [-0.05, 0) is 38.5 Å². The van der Waals surface area contributed by atoms with Crippen molar-refractivity contribution in [3.63, 3.8) is 0 Å². The van der Waals surface area contributed by atoms with Gasteiger partial charge in [0, 0.05) is 0 Å². The predicted molar refractivity (Wildman–Crippen MR) is 196 cm³/mol. The molecule has 4 atom stereocenters. The molecule has 0 aliphatic rings. The minimum absolute atomic E-state index is 0.340. The molecule has 0 saturated heterocycles. The van der Waals surface area contributed by atoms with E-state index in [4.69, 9.17) is 0 Å². The number of nitrogens with one attached hydrogen (secondary N) is 1. The number of carbonyl (C=O) groups is 1. The number of unbranched alkanes of at least 4 members (excludes halogenated alkanes) is 25. The summed E-state index contributed by atoms with van der Waals surface area (Å²) in [6.45, 7) is 4.02. The first kappa shape index (κ1) is 45.0. The van der Waals surface area contributed by atoms with Crippen molar-refractivity contribution in [2.75, 3.05) is 6.61 Å². The predicted octanol–water partition coefficient (Wildman–Crippen LogP) is 9.85. The van der Waals surface area contributed by atoms with Gasteiger partial charge >= 0.3 is 0 Å². The number of hydrogen-bond donors (Lipinski definition) is 5. The number of allylic oxidation sites excluding steroid dienone is 2. The second-order valence-electron chi connectivity index (χ2n) is 14.0. The zero-order valence-corrected chi connectivity index (χ0v) is 30.6. The number of aliphatic hydroxyl groups is 4. The monoisotopic (exact) mass is 654 g/mol. The van der Waals surface area contributed by atoms with Gasteiger partial charge in [0.15, 0.2) is 0 Å². The molecule has 0 radical (unpaired) electrons. The molecule has 46 heavy (non-hydrogen) atoms. The Morgan fingerprint density at radius 3 is 1.28 bits per heavy atom. The molecule has 0 fully saturated rings. The van der Waals surface area contributed by atoms with E-state index in [1.807, 2.05) is 0 Å². The Morgan fingerprint density at radius 1 is 0.522 bits per heavy atom. The standard InChI is InChI=1S/C40H79NO5/c1-3-5-7-9-11-13-15-17-18-19-20-21-22-24-25-27-29-31-33-37(43)39(45)36(35-42)41-40(46)38(44)34-32-30-28-26-23-16-14-12-10-8-6-4-2/h23,26,36-39,42-45H,3-22,24-25,27-35H2,1-2H3,(H,41,46)/b26-23-. The molecule has 0 aromatic heterocycles. The van der Waals surface area contributed by atoms with Crippen LogP contribution in [0.2, 0.25) is 0 Å². The van der Waals surface area contributed by atoms with Crippen molar-refractivity contribution in [1.29, 1.82) is 0 Å². The molecule has 1 amide bonds. The Labute approximate surface area is 285 Å². The SMILES string of the molecule is CCCCCCCC/C=C\CCCCC(O)C(=O)NC(CO)C(O)C(O)CCCCCCCCCCCCCCCCCCCC. The Kier molecular flexibility index (Phi) is 34.6. The van der Waals surface area contributed by atoms with Crippen molar-refractivity contribution in [3.05, 3.63) is 12.2 Å². The molecule has 0 bridgehead atoms. The van der Waals surface area contributed by atoms with Crippen LogP contribution in [-0.4, -0.2) is 57.3 Å². The first-order chi connectivity index (χ1) is 22.5. The van der Waals surface area contributed by atoms with Crippen molar-refractivity contribution in [1.82, 2.24) is 5.32 Å². The normalized spacial score (nSPS) is 14.5. The summed E-state index contributed by atoms with van der Waals surface area (Å²) in [5, 5.41) is 43.5. The van der Waals surface area contributed by atoms with Crippen LogP contribution < -0.4 is 5.32 Å². The van der Waals surface area contributed by atoms with Gasteiger partial charge in [0.25, 0.3) is 0 Å². The Bertz CT molecular complexity index is 658. The summed E-state index contributed by atoms with van der Waals surface area (Å²) < 4.78 is 0. The highest BCUT2D eigenvalue weighted by molar-refractivity contribution is 5.80. The van der Waals surface area contributed by atoms with Crippen LogP contribution in [0.15, 0.2) is 12.2 Å². The van der Waals surface area contributed by atoms with E-state index in [2.05, 4.69) is 31.3 Å². The second kappa shape index (κ2) is 35.4. The maximum Gasteiger partial charge on any atom is 0.249 e. The Hall–Kier alpha value is -0.950. The highest BCUT2D eigenvalue weighted by atomic mass is 16.3. The van der Waals surface area contributed by atoms with Crippen LogP contribution >= 0.6 is 0 Å². The maximum atomic E-state index is 12.4. The summed E-state index contributed by atoms with van der Waals surface area (Å²) in [6.07, 6.45) is 36.6. The molecule has 6 heteroatoms. The van der Waals surface area contributed by atoms with Gasteiger partial charge in [0.2, 0.25) is 5.91 Å². The molecule has 0 aliphatic carbocycles. The van der Waals surface area contributed by atoms with Gasteiger partial charge in [-0.25, -0.2) is 0 Å². The highest BCUT2D eigenvalue weighted by Gasteiger charge is 2.28. The molecule has 0 rings (SSSR count). The average molecular weight is 654 g/mol. The lowest BCUT2D eigenvalue weighted by atomic mass is 9.99. The van der Waals surface area contributed by atoms with Gasteiger partial charge in [-0.2, -0.15) is 0 Å². The average Bonchev–Trinajstić information content (AvgIpc) is 3.06. The van der Waals surface area contributed by atoms with E-state index in [0.29, 0.717) is 12.8 Å². The fraction of sp³-hybridized carbons (Fsp3) is 0.925. The molecule has 0 aliphatic heterocycles. The largest absolute Gasteiger partial charge is 0.394 e.